The second-order valence-corrected chi connectivity index (χ2v) is 18.0. The fourth-order valence-corrected chi connectivity index (χ4v) is 8.15. The number of ether oxygens (including phenoxy) is 2. The predicted molar refractivity (Wildman–Crippen MR) is 254 cm³/mol. The van der Waals surface area contributed by atoms with Gasteiger partial charge in [0.05, 0.1) is 6.61 Å². The van der Waals surface area contributed by atoms with E-state index in [0.717, 1.165) is 129 Å². The molecule has 0 aliphatic heterocycles. The Bertz CT molecular complexity index is 921. The predicted octanol–water partition coefficient (Wildman–Crippen LogP) is 13.4. The van der Waals surface area contributed by atoms with Crippen LogP contribution in [0.5, 0.6) is 0 Å². The molecule has 0 heterocycles. The molecule has 0 aromatic rings. The molecule has 356 valence electrons. The number of aliphatic hydroxyl groups is 1. The van der Waals surface area contributed by atoms with Gasteiger partial charge in [-0.1, -0.05) is 168 Å². The molecule has 0 aliphatic rings. The summed E-state index contributed by atoms with van der Waals surface area (Å²) < 4.78 is 11.6. The topological polar surface area (TPSA) is 117 Å². The maximum absolute atomic E-state index is 12.9. The highest BCUT2D eigenvalue weighted by molar-refractivity contribution is 5.73. The van der Waals surface area contributed by atoms with Crippen LogP contribution in [0.4, 0.5) is 4.79 Å². The largest absolute Gasteiger partial charge is 0.466 e. The van der Waals surface area contributed by atoms with Crippen LogP contribution in [0, 0.1) is 5.92 Å². The van der Waals surface area contributed by atoms with Crippen LogP contribution in [0.25, 0.3) is 0 Å². The first-order chi connectivity index (χ1) is 29.4. The Kier molecular flexibility index (Phi) is 45.2. The first-order valence-electron chi connectivity index (χ1n) is 26.0. The van der Waals surface area contributed by atoms with Crippen molar-refractivity contribution in [3.05, 3.63) is 0 Å². The molecule has 0 aliphatic carbocycles. The van der Waals surface area contributed by atoms with Crippen molar-refractivity contribution in [3.63, 3.8) is 0 Å². The zero-order chi connectivity index (χ0) is 44.0. The molecule has 0 rings (SSSR count). The summed E-state index contributed by atoms with van der Waals surface area (Å²) in [7, 11) is 1.62. The van der Waals surface area contributed by atoms with Gasteiger partial charge in [0.25, 0.3) is 0 Å². The summed E-state index contributed by atoms with van der Waals surface area (Å²) in [4.78, 5) is 39.2. The van der Waals surface area contributed by atoms with Crippen molar-refractivity contribution in [2.45, 2.75) is 258 Å². The summed E-state index contributed by atoms with van der Waals surface area (Å²) in [6.07, 6.45) is 40.6. The van der Waals surface area contributed by atoms with Gasteiger partial charge in [-0.2, -0.15) is 0 Å². The number of rotatable bonds is 47. The van der Waals surface area contributed by atoms with Gasteiger partial charge in [-0.25, -0.2) is 4.79 Å². The van der Waals surface area contributed by atoms with Crippen LogP contribution in [-0.2, 0) is 19.1 Å². The minimum atomic E-state index is -0.155. The average Bonchev–Trinajstić information content (AvgIpc) is 3.25. The Hall–Kier alpha value is -1.87. The molecule has 60 heavy (non-hydrogen) atoms. The van der Waals surface area contributed by atoms with Crippen LogP contribution in [-0.4, -0.2) is 80.5 Å². The van der Waals surface area contributed by atoms with E-state index < -0.39 is 0 Å². The molecule has 0 saturated carbocycles. The molecule has 0 fully saturated rings. The number of hydrogen-bond acceptors (Lipinski definition) is 7. The summed E-state index contributed by atoms with van der Waals surface area (Å²) >= 11 is 0. The summed E-state index contributed by atoms with van der Waals surface area (Å²) in [5.41, 5.74) is 0. The second-order valence-electron chi connectivity index (χ2n) is 18.0. The maximum atomic E-state index is 12.9. The van der Waals surface area contributed by atoms with E-state index in [0.29, 0.717) is 26.0 Å². The van der Waals surface area contributed by atoms with Crippen molar-refractivity contribution in [2.75, 3.05) is 46.4 Å². The molecule has 0 radical (unpaired) electrons. The molecule has 0 aromatic heterocycles. The number of esters is 2. The van der Waals surface area contributed by atoms with Gasteiger partial charge < -0.3 is 30.1 Å². The minimum absolute atomic E-state index is 0.00494. The lowest BCUT2D eigenvalue weighted by Gasteiger charge is -2.27. The van der Waals surface area contributed by atoms with Gasteiger partial charge in [-0.05, 0) is 89.6 Å². The number of amides is 2. The summed E-state index contributed by atoms with van der Waals surface area (Å²) in [6.45, 7) is 11.0. The van der Waals surface area contributed by atoms with Gasteiger partial charge in [-0.3, -0.25) is 9.59 Å². The van der Waals surface area contributed by atoms with Crippen molar-refractivity contribution >= 4 is 18.0 Å². The number of hydrogen-bond donors (Lipinski definition) is 3. The van der Waals surface area contributed by atoms with Crippen LogP contribution in [0.15, 0.2) is 0 Å². The summed E-state index contributed by atoms with van der Waals surface area (Å²) in [6, 6.07) is -0.155. The molecule has 0 saturated heterocycles. The van der Waals surface area contributed by atoms with Gasteiger partial charge in [0.1, 0.15) is 6.10 Å². The van der Waals surface area contributed by atoms with Crippen LogP contribution in [0.3, 0.4) is 0 Å². The van der Waals surface area contributed by atoms with E-state index in [1.54, 1.807) is 7.05 Å². The molecule has 9 nitrogen and oxygen atoms in total. The standard InChI is InChI=1S/C51H101N3O6/c1-5-8-11-14-17-18-19-25-35-44-59-49(56)39-30-26-34-43-54(45-47(46-55)36-31-32-41-53-51(58)52-4)42-33-24-20-23-29-40-50(57)60-48(37-27-21-15-12-9-6-2)38-28-22-16-13-10-7-3/h47-48,55H,5-46H2,1-4H3,(H2,52,53,58). The lowest BCUT2D eigenvalue weighted by molar-refractivity contribution is -0.150. The lowest BCUT2D eigenvalue weighted by atomic mass is 10.0. The van der Waals surface area contributed by atoms with Crippen LogP contribution >= 0.6 is 0 Å². The van der Waals surface area contributed by atoms with Gasteiger partial charge in [0, 0.05) is 39.6 Å². The fraction of sp³-hybridized carbons (Fsp3) is 0.941. The molecular formula is C51H101N3O6. The Balaban J connectivity index is 4.61. The number of aliphatic hydroxyl groups excluding tert-OH is 1. The van der Waals surface area contributed by atoms with Crippen molar-refractivity contribution < 1.29 is 29.0 Å². The van der Waals surface area contributed by atoms with Crippen LogP contribution in [0.2, 0.25) is 0 Å². The highest BCUT2D eigenvalue weighted by Gasteiger charge is 2.16. The lowest BCUT2D eigenvalue weighted by Crippen LogP contribution is -2.34. The molecule has 1 atom stereocenters. The molecular weight excluding hydrogens is 751 g/mol. The molecule has 1 unspecified atom stereocenters. The zero-order valence-corrected chi connectivity index (χ0v) is 40.3. The number of urea groups is 1. The van der Waals surface area contributed by atoms with Gasteiger partial charge in [0.2, 0.25) is 0 Å². The second kappa shape index (κ2) is 46.6. The molecule has 3 N–H and O–H groups in total. The molecule has 9 heteroatoms. The van der Waals surface area contributed by atoms with Crippen molar-refractivity contribution in [3.8, 4) is 0 Å². The maximum Gasteiger partial charge on any atom is 0.314 e. The number of carbonyl (C=O) groups is 3. The van der Waals surface area contributed by atoms with Crippen molar-refractivity contribution in [1.82, 2.24) is 15.5 Å². The molecule has 0 spiro atoms. The number of carbonyl (C=O) groups excluding carboxylic acids is 3. The SMILES string of the molecule is CCCCCCCCCCCOC(=O)CCCCCN(CCCCCCCC(=O)OC(CCCCCCCC)CCCCCCCC)CC(CO)CCCCNC(=O)NC. The number of nitrogens with one attached hydrogen (secondary N) is 2. The van der Waals surface area contributed by atoms with E-state index in [2.05, 4.69) is 36.3 Å². The first-order valence-corrected chi connectivity index (χ1v) is 26.0. The normalized spacial score (nSPS) is 12.0. The Morgan fingerprint density at radius 2 is 0.950 bits per heavy atom. The van der Waals surface area contributed by atoms with E-state index in [9.17, 15) is 19.5 Å². The van der Waals surface area contributed by atoms with E-state index in [4.69, 9.17) is 9.47 Å². The van der Waals surface area contributed by atoms with E-state index in [1.807, 2.05) is 0 Å². The van der Waals surface area contributed by atoms with Crippen LogP contribution in [0.1, 0.15) is 252 Å². The fourth-order valence-electron chi connectivity index (χ4n) is 8.15. The Morgan fingerprint density at radius 3 is 1.47 bits per heavy atom. The van der Waals surface area contributed by atoms with Gasteiger partial charge >= 0.3 is 18.0 Å². The molecule has 0 bridgehead atoms. The monoisotopic (exact) mass is 852 g/mol. The zero-order valence-electron chi connectivity index (χ0n) is 40.3. The third-order valence-electron chi connectivity index (χ3n) is 12.1. The van der Waals surface area contributed by atoms with Gasteiger partial charge in [0.15, 0.2) is 0 Å². The average molecular weight is 852 g/mol. The highest BCUT2D eigenvalue weighted by Crippen LogP contribution is 2.19. The Morgan fingerprint density at radius 1 is 0.517 bits per heavy atom. The van der Waals surface area contributed by atoms with E-state index in [-0.39, 0.29) is 36.6 Å². The van der Waals surface area contributed by atoms with Crippen LogP contribution < -0.4 is 10.6 Å². The van der Waals surface area contributed by atoms with E-state index in [1.165, 1.54) is 109 Å². The van der Waals surface area contributed by atoms with Gasteiger partial charge in [-0.15, -0.1) is 0 Å². The summed E-state index contributed by atoms with van der Waals surface area (Å²) in [5, 5.41) is 15.7. The van der Waals surface area contributed by atoms with Crippen molar-refractivity contribution in [2.24, 2.45) is 5.92 Å². The van der Waals surface area contributed by atoms with Crippen molar-refractivity contribution in [1.29, 1.82) is 0 Å². The third kappa shape index (κ3) is 41.5. The first kappa shape index (κ1) is 58.1. The minimum Gasteiger partial charge on any atom is -0.466 e. The van der Waals surface area contributed by atoms with E-state index >= 15 is 0 Å². The number of unbranched alkanes of at least 4 members (excludes halogenated alkanes) is 25. The summed E-state index contributed by atoms with van der Waals surface area (Å²) in [5.74, 6) is 0.139. The third-order valence-corrected chi connectivity index (χ3v) is 12.1. The highest BCUT2D eigenvalue weighted by atomic mass is 16.5. The smallest absolute Gasteiger partial charge is 0.314 e. The number of nitrogens with zero attached hydrogens (tertiary/aromatic N) is 1. The molecule has 0 aromatic carbocycles. The molecule has 2 amide bonds. The Labute approximate surface area is 371 Å². The quantitative estimate of drug-likeness (QED) is 0.0412.